The second kappa shape index (κ2) is 9.39. The van der Waals surface area contributed by atoms with Crippen LogP contribution in [0.25, 0.3) is 6.08 Å². The van der Waals surface area contributed by atoms with E-state index >= 15 is 0 Å². The fourth-order valence-electron chi connectivity index (χ4n) is 3.62. The van der Waals surface area contributed by atoms with E-state index in [4.69, 9.17) is 4.74 Å². The van der Waals surface area contributed by atoms with Gasteiger partial charge in [-0.1, -0.05) is 37.3 Å². The highest BCUT2D eigenvalue weighted by Gasteiger charge is 2.28. The molecule has 0 radical (unpaired) electrons. The number of rotatable bonds is 5. The zero-order valence-corrected chi connectivity index (χ0v) is 18.3. The lowest BCUT2D eigenvalue weighted by Gasteiger charge is -2.37. The lowest BCUT2D eigenvalue weighted by atomic mass is 10.1. The molecule has 2 aromatic carbocycles. The minimum Gasteiger partial charge on any atom is -0.494 e. The molecule has 0 bridgehead atoms. The maximum Gasteiger partial charge on any atom is 0.286 e. The van der Waals surface area contributed by atoms with Gasteiger partial charge in [0.1, 0.15) is 5.75 Å². The number of para-hydroxylation sites is 1. The number of anilines is 1. The van der Waals surface area contributed by atoms with E-state index < -0.39 is 0 Å². The molecular formula is C24H27N3O2S. The Morgan fingerprint density at radius 1 is 1.03 bits per heavy atom. The minimum absolute atomic E-state index is 0.150. The third-order valence-electron chi connectivity index (χ3n) is 5.27. The maximum absolute atomic E-state index is 12.4. The molecule has 1 saturated heterocycles. The molecule has 0 unspecified atom stereocenters. The summed E-state index contributed by atoms with van der Waals surface area (Å²) >= 11 is 1.48. The zero-order chi connectivity index (χ0) is 20.9. The van der Waals surface area contributed by atoms with Crippen molar-refractivity contribution in [2.45, 2.75) is 20.3 Å². The van der Waals surface area contributed by atoms with Gasteiger partial charge in [-0.2, -0.15) is 4.99 Å². The van der Waals surface area contributed by atoms with Gasteiger partial charge in [-0.3, -0.25) is 4.79 Å². The first-order valence-corrected chi connectivity index (χ1v) is 11.3. The Kier molecular flexibility index (Phi) is 6.43. The van der Waals surface area contributed by atoms with Crippen LogP contribution in [0.4, 0.5) is 5.69 Å². The highest BCUT2D eigenvalue weighted by atomic mass is 32.2. The van der Waals surface area contributed by atoms with E-state index in [9.17, 15) is 4.79 Å². The molecule has 0 N–H and O–H groups in total. The molecule has 0 saturated carbocycles. The fraction of sp³-hybridized carbons (Fsp3) is 0.333. The first-order valence-electron chi connectivity index (χ1n) is 10.4. The quantitative estimate of drug-likeness (QED) is 0.662. The van der Waals surface area contributed by atoms with Gasteiger partial charge in [0.05, 0.1) is 11.5 Å². The van der Waals surface area contributed by atoms with Gasteiger partial charge in [0.2, 0.25) is 0 Å². The molecule has 0 atom stereocenters. The molecule has 2 aliphatic heterocycles. The molecule has 0 spiro atoms. The van der Waals surface area contributed by atoms with Crippen LogP contribution in [0.1, 0.15) is 24.5 Å². The smallest absolute Gasteiger partial charge is 0.286 e. The second-order valence-corrected chi connectivity index (χ2v) is 8.50. The van der Waals surface area contributed by atoms with E-state index in [1.165, 1.54) is 23.0 Å². The number of carbonyl (C=O) groups is 1. The van der Waals surface area contributed by atoms with Crippen molar-refractivity contribution < 1.29 is 9.53 Å². The van der Waals surface area contributed by atoms with Gasteiger partial charge >= 0.3 is 0 Å². The highest BCUT2D eigenvalue weighted by molar-refractivity contribution is 8.18. The Balaban J connectivity index is 1.36. The van der Waals surface area contributed by atoms with Crippen LogP contribution in [-0.4, -0.2) is 48.8 Å². The van der Waals surface area contributed by atoms with E-state index in [2.05, 4.69) is 52.9 Å². The van der Waals surface area contributed by atoms with Gasteiger partial charge in [-0.05, 0) is 60.5 Å². The van der Waals surface area contributed by atoms with E-state index in [0.29, 0.717) is 11.5 Å². The molecule has 0 aromatic heterocycles. The number of nitrogens with zero attached hydrogens (tertiary/aromatic N) is 3. The van der Waals surface area contributed by atoms with Crippen LogP contribution in [0.5, 0.6) is 5.75 Å². The molecule has 156 valence electrons. The first kappa shape index (κ1) is 20.5. The number of ether oxygens (including phenoxy) is 1. The van der Waals surface area contributed by atoms with Crippen molar-refractivity contribution in [2.75, 3.05) is 37.7 Å². The standard InChI is InChI=1S/C24H27N3O2S/c1-3-16-29-20-10-8-19(9-11-20)17-22-23(28)25-24(30-22)27-14-12-26(13-15-27)21-7-5-4-6-18(21)2/h4-11,17H,3,12-16H2,1-2H3/b22-17+. The SMILES string of the molecule is CCCOc1ccc(/C=C2/SC(N3CCN(c4ccccc4C)CC3)=NC2=O)cc1. The van der Waals surface area contributed by atoms with Crippen LogP contribution >= 0.6 is 11.8 Å². The average molecular weight is 422 g/mol. The fourth-order valence-corrected chi connectivity index (χ4v) is 4.59. The highest BCUT2D eigenvalue weighted by Crippen LogP contribution is 2.31. The first-order chi connectivity index (χ1) is 14.6. The number of amides is 1. The Labute approximate surface area is 182 Å². The number of benzene rings is 2. The van der Waals surface area contributed by atoms with E-state index in [1.807, 2.05) is 30.3 Å². The summed E-state index contributed by atoms with van der Waals surface area (Å²) in [5, 5.41) is 0.818. The lowest BCUT2D eigenvalue weighted by molar-refractivity contribution is -0.113. The normalized spacial score (nSPS) is 18.1. The summed E-state index contributed by atoms with van der Waals surface area (Å²) in [6.45, 7) is 8.53. The summed E-state index contributed by atoms with van der Waals surface area (Å²) in [6, 6.07) is 16.3. The lowest BCUT2D eigenvalue weighted by Crippen LogP contribution is -2.48. The van der Waals surface area contributed by atoms with Gasteiger partial charge in [0.15, 0.2) is 5.17 Å². The van der Waals surface area contributed by atoms with Gasteiger partial charge < -0.3 is 14.5 Å². The summed E-state index contributed by atoms with van der Waals surface area (Å²) < 4.78 is 5.62. The number of hydrogen-bond acceptors (Lipinski definition) is 5. The van der Waals surface area contributed by atoms with Gasteiger partial charge in [-0.25, -0.2) is 0 Å². The Hall–Kier alpha value is -2.73. The topological polar surface area (TPSA) is 45.1 Å². The molecule has 2 aromatic rings. The summed E-state index contributed by atoms with van der Waals surface area (Å²) in [7, 11) is 0. The van der Waals surface area contributed by atoms with Crippen molar-refractivity contribution in [1.29, 1.82) is 0 Å². The van der Waals surface area contributed by atoms with Crippen LogP contribution in [-0.2, 0) is 4.79 Å². The third kappa shape index (κ3) is 4.70. The van der Waals surface area contributed by atoms with Crippen LogP contribution in [0.2, 0.25) is 0 Å². The molecule has 30 heavy (non-hydrogen) atoms. The van der Waals surface area contributed by atoms with Crippen LogP contribution in [0.15, 0.2) is 58.4 Å². The Bertz CT molecular complexity index is 961. The molecule has 5 nitrogen and oxygen atoms in total. The number of thioether (sulfide) groups is 1. The van der Waals surface area contributed by atoms with E-state index in [-0.39, 0.29) is 5.91 Å². The van der Waals surface area contributed by atoms with Crippen molar-refractivity contribution in [1.82, 2.24) is 4.90 Å². The number of piperazine rings is 1. The molecule has 4 rings (SSSR count). The summed E-state index contributed by atoms with van der Waals surface area (Å²) in [5.74, 6) is 0.704. The molecule has 0 aliphatic carbocycles. The molecule has 2 aliphatic rings. The van der Waals surface area contributed by atoms with Crippen molar-refractivity contribution in [3.8, 4) is 5.75 Å². The Morgan fingerprint density at radius 2 is 1.73 bits per heavy atom. The van der Waals surface area contributed by atoms with E-state index in [1.54, 1.807) is 0 Å². The van der Waals surface area contributed by atoms with Gasteiger partial charge in [0, 0.05) is 31.9 Å². The van der Waals surface area contributed by atoms with Crippen molar-refractivity contribution in [2.24, 2.45) is 4.99 Å². The predicted molar refractivity (Wildman–Crippen MR) is 125 cm³/mol. The number of carbonyl (C=O) groups excluding carboxylic acids is 1. The second-order valence-electron chi connectivity index (χ2n) is 7.49. The van der Waals surface area contributed by atoms with E-state index in [0.717, 1.165) is 49.1 Å². The van der Waals surface area contributed by atoms with Crippen molar-refractivity contribution in [3.63, 3.8) is 0 Å². The Morgan fingerprint density at radius 3 is 2.43 bits per heavy atom. The maximum atomic E-state index is 12.4. The molecule has 2 heterocycles. The summed E-state index contributed by atoms with van der Waals surface area (Å²) in [5.41, 5.74) is 3.57. The van der Waals surface area contributed by atoms with Crippen molar-refractivity contribution in [3.05, 3.63) is 64.6 Å². The third-order valence-corrected chi connectivity index (χ3v) is 6.31. The number of hydrogen-bond donors (Lipinski definition) is 0. The summed E-state index contributed by atoms with van der Waals surface area (Å²) in [4.78, 5) is 22.1. The van der Waals surface area contributed by atoms with Crippen LogP contribution in [0, 0.1) is 6.92 Å². The number of aliphatic imine (C=N–C) groups is 1. The predicted octanol–water partition coefficient (Wildman–Crippen LogP) is 4.58. The molecule has 6 heteroatoms. The number of amidine groups is 1. The van der Waals surface area contributed by atoms with Crippen LogP contribution < -0.4 is 9.64 Å². The molecule has 1 amide bonds. The van der Waals surface area contributed by atoms with Gasteiger partial charge in [0.25, 0.3) is 5.91 Å². The van der Waals surface area contributed by atoms with Crippen LogP contribution in [0.3, 0.4) is 0 Å². The number of aryl methyl sites for hydroxylation is 1. The molecular weight excluding hydrogens is 394 g/mol. The molecule has 1 fully saturated rings. The average Bonchev–Trinajstić information content (AvgIpc) is 3.14. The minimum atomic E-state index is -0.150. The zero-order valence-electron chi connectivity index (χ0n) is 17.5. The largest absolute Gasteiger partial charge is 0.494 e. The summed E-state index contributed by atoms with van der Waals surface area (Å²) in [6.07, 6.45) is 2.90. The van der Waals surface area contributed by atoms with Crippen molar-refractivity contribution >= 4 is 34.6 Å². The van der Waals surface area contributed by atoms with Gasteiger partial charge in [-0.15, -0.1) is 0 Å². The monoisotopic (exact) mass is 421 g/mol.